The average Bonchev–Trinajstić information content (AvgIpc) is 3.32. The highest BCUT2D eigenvalue weighted by Gasteiger charge is 2.36. The van der Waals surface area contributed by atoms with Gasteiger partial charge in [0.2, 0.25) is 0 Å². The molecule has 0 aliphatic rings. The molecule has 0 bridgehead atoms. The van der Waals surface area contributed by atoms with Crippen LogP contribution in [0.15, 0.2) is 77.8 Å². The van der Waals surface area contributed by atoms with E-state index in [-0.39, 0.29) is 28.5 Å². The van der Waals surface area contributed by atoms with E-state index in [0.29, 0.717) is 10.2 Å². The number of rotatable bonds is 8. The van der Waals surface area contributed by atoms with Crippen molar-refractivity contribution in [1.82, 2.24) is 20.1 Å². The third kappa shape index (κ3) is 7.53. The molecule has 194 valence electrons. The van der Waals surface area contributed by atoms with Crippen molar-refractivity contribution in [3.05, 3.63) is 84.1 Å². The maximum atomic E-state index is 13.6. The van der Waals surface area contributed by atoms with Gasteiger partial charge in [0.15, 0.2) is 6.61 Å². The van der Waals surface area contributed by atoms with E-state index in [4.69, 9.17) is 0 Å². The van der Waals surface area contributed by atoms with Crippen LogP contribution >= 0.6 is 0 Å². The number of halogens is 6. The van der Waals surface area contributed by atoms with Gasteiger partial charge in [-0.25, -0.2) is 9.67 Å². The summed E-state index contributed by atoms with van der Waals surface area (Å²) in [5, 5.41) is 6.41. The van der Waals surface area contributed by atoms with Gasteiger partial charge in [-0.2, -0.15) is 31.4 Å². The molecule has 0 unspecified atom stereocenters. The maximum Gasteiger partial charge on any atom is 0.433 e. The highest BCUT2D eigenvalue weighted by atomic mass is 19.4. The first-order valence-electron chi connectivity index (χ1n) is 10.4. The number of carbonyl (C=O) groups is 1. The van der Waals surface area contributed by atoms with Crippen molar-refractivity contribution in [3.63, 3.8) is 0 Å². The average molecular weight is 523 g/mol. The van der Waals surface area contributed by atoms with Crippen LogP contribution in [-0.2, 0) is 6.18 Å². The summed E-state index contributed by atoms with van der Waals surface area (Å²) in [6, 6.07) is 9.03. The minimum Gasteiger partial charge on any atom is -0.484 e. The Morgan fingerprint density at radius 1 is 1.14 bits per heavy atom. The van der Waals surface area contributed by atoms with Gasteiger partial charge < -0.3 is 10.1 Å². The molecule has 0 saturated carbocycles. The molecule has 13 heteroatoms. The second-order valence-corrected chi connectivity index (χ2v) is 7.47. The van der Waals surface area contributed by atoms with Gasteiger partial charge in [-0.15, -0.1) is 0 Å². The number of aromatic nitrogens is 3. The first-order chi connectivity index (χ1) is 17.4. The molecule has 1 N–H and O–H groups in total. The number of carbonyl (C=O) groups excluding carboxylic acids is 1. The van der Waals surface area contributed by atoms with Gasteiger partial charge in [-0.3, -0.25) is 9.78 Å². The van der Waals surface area contributed by atoms with Gasteiger partial charge in [0, 0.05) is 29.2 Å². The molecule has 0 aliphatic heterocycles. The van der Waals surface area contributed by atoms with E-state index >= 15 is 0 Å². The number of benzene rings is 1. The van der Waals surface area contributed by atoms with E-state index < -0.39 is 30.6 Å². The molecule has 2 aromatic heterocycles. The molecule has 2 heterocycles. The Hall–Kier alpha value is -4.42. The summed E-state index contributed by atoms with van der Waals surface area (Å²) in [6.07, 6.45) is -3.96. The second kappa shape index (κ2) is 11.1. The molecule has 0 saturated heterocycles. The Labute approximate surface area is 206 Å². The van der Waals surface area contributed by atoms with Crippen molar-refractivity contribution in [1.29, 1.82) is 0 Å². The molecular weight excluding hydrogens is 504 g/mol. The molecule has 0 atom stereocenters. The monoisotopic (exact) mass is 523 g/mol. The van der Waals surface area contributed by atoms with Crippen molar-refractivity contribution in [2.24, 2.45) is 4.99 Å². The molecule has 37 heavy (non-hydrogen) atoms. The van der Waals surface area contributed by atoms with Crippen LogP contribution in [0.2, 0.25) is 0 Å². The summed E-state index contributed by atoms with van der Waals surface area (Å²) < 4.78 is 83.3. The normalized spacial score (nSPS) is 12.8. The lowest BCUT2D eigenvalue weighted by molar-refractivity contribution is -0.153. The first-order valence-corrected chi connectivity index (χ1v) is 10.4. The number of pyridine rings is 1. The van der Waals surface area contributed by atoms with Gasteiger partial charge >= 0.3 is 12.4 Å². The van der Waals surface area contributed by atoms with Crippen molar-refractivity contribution in [2.75, 3.05) is 6.61 Å². The van der Waals surface area contributed by atoms with Crippen LogP contribution in [-0.4, -0.2) is 40.2 Å². The number of alkyl halides is 6. The predicted octanol–water partition coefficient (Wildman–Crippen LogP) is 5.74. The lowest BCUT2D eigenvalue weighted by Crippen LogP contribution is -2.22. The summed E-state index contributed by atoms with van der Waals surface area (Å²) >= 11 is 0. The van der Waals surface area contributed by atoms with E-state index in [1.165, 1.54) is 49.7 Å². The van der Waals surface area contributed by atoms with Crippen molar-refractivity contribution >= 4 is 18.3 Å². The molecular formula is C24H19F6N5O2. The summed E-state index contributed by atoms with van der Waals surface area (Å²) in [5.41, 5.74) is -0.582. The second-order valence-electron chi connectivity index (χ2n) is 7.47. The molecule has 3 aromatic rings. The third-order valence-electron chi connectivity index (χ3n) is 4.68. The third-order valence-corrected chi connectivity index (χ3v) is 4.68. The largest absolute Gasteiger partial charge is 0.484 e. The SMILES string of the molecule is C=N/C(=C\C=C(/C)n1nc(-c2cccnc2)cc1C(F)(F)F)NC(=O)c1cccc(OCC(F)(F)F)c1. The number of allylic oxidation sites excluding steroid dienone is 3. The number of nitrogens with one attached hydrogen (secondary N) is 1. The molecule has 7 nitrogen and oxygen atoms in total. The summed E-state index contributed by atoms with van der Waals surface area (Å²) in [4.78, 5) is 20.0. The van der Waals surface area contributed by atoms with Crippen LogP contribution < -0.4 is 10.1 Å². The smallest absolute Gasteiger partial charge is 0.433 e. The minimum absolute atomic E-state index is 0.0394. The van der Waals surface area contributed by atoms with Crippen molar-refractivity contribution < 1.29 is 35.9 Å². The summed E-state index contributed by atoms with van der Waals surface area (Å²) in [6.45, 7) is 3.15. The van der Waals surface area contributed by atoms with E-state index in [1.807, 2.05) is 0 Å². The Balaban J connectivity index is 1.82. The fourth-order valence-electron chi connectivity index (χ4n) is 2.99. The zero-order chi connectivity index (χ0) is 27.2. The van der Waals surface area contributed by atoms with Crippen LogP contribution in [0.5, 0.6) is 5.75 Å². The summed E-state index contributed by atoms with van der Waals surface area (Å²) in [7, 11) is 0. The molecule has 3 rings (SSSR count). The number of ether oxygens (including phenoxy) is 1. The van der Waals surface area contributed by atoms with E-state index in [2.05, 4.69) is 31.8 Å². The fraction of sp³-hybridized carbons (Fsp3) is 0.167. The Bertz CT molecular complexity index is 1330. The Morgan fingerprint density at radius 2 is 1.89 bits per heavy atom. The first kappa shape index (κ1) is 27.2. The molecule has 0 fully saturated rings. The quantitative estimate of drug-likeness (QED) is 0.232. The van der Waals surface area contributed by atoms with Crippen LogP contribution in [0.1, 0.15) is 23.0 Å². The molecule has 0 aliphatic carbocycles. The number of hydrogen-bond donors (Lipinski definition) is 1. The molecule has 0 spiro atoms. The summed E-state index contributed by atoms with van der Waals surface area (Å²) in [5.74, 6) is -1.06. The zero-order valence-electron chi connectivity index (χ0n) is 19.1. The topological polar surface area (TPSA) is 81.4 Å². The van der Waals surface area contributed by atoms with Crippen LogP contribution in [0, 0.1) is 0 Å². The lowest BCUT2D eigenvalue weighted by atomic mass is 10.2. The maximum absolute atomic E-state index is 13.6. The number of nitrogens with zero attached hydrogens (tertiary/aromatic N) is 4. The van der Waals surface area contributed by atoms with E-state index in [1.54, 1.807) is 12.1 Å². The fourth-order valence-corrected chi connectivity index (χ4v) is 2.99. The Kier molecular flexibility index (Phi) is 8.15. The lowest BCUT2D eigenvalue weighted by Gasteiger charge is -2.11. The number of hydrogen-bond acceptors (Lipinski definition) is 5. The number of amides is 1. The van der Waals surface area contributed by atoms with Gasteiger partial charge in [-0.05, 0) is 62.2 Å². The van der Waals surface area contributed by atoms with Crippen LogP contribution in [0.3, 0.4) is 0 Å². The highest BCUT2D eigenvalue weighted by Crippen LogP contribution is 2.33. The molecule has 1 amide bonds. The van der Waals surface area contributed by atoms with E-state index in [9.17, 15) is 31.1 Å². The van der Waals surface area contributed by atoms with Gasteiger partial charge in [0.1, 0.15) is 17.3 Å². The van der Waals surface area contributed by atoms with Crippen LogP contribution in [0.25, 0.3) is 17.0 Å². The van der Waals surface area contributed by atoms with Gasteiger partial charge in [0.05, 0.1) is 5.69 Å². The highest BCUT2D eigenvalue weighted by molar-refractivity contribution is 5.95. The Morgan fingerprint density at radius 3 is 2.51 bits per heavy atom. The standard InChI is InChI=1S/C24H19F6N5O2/c1-15(35-20(24(28,29)30)12-19(34-35)17-6-4-10-32-13-17)8-9-21(31-2)33-22(36)16-5-3-7-18(11-16)37-14-23(25,26)27/h3-13H,2,14H2,1H3,(H,33,36)/b15-8+,21-9+. The predicted molar refractivity (Wildman–Crippen MR) is 123 cm³/mol. The van der Waals surface area contributed by atoms with Crippen LogP contribution in [0.4, 0.5) is 26.3 Å². The van der Waals surface area contributed by atoms with Gasteiger partial charge in [0.25, 0.3) is 5.91 Å². The van der Waals surface area contributed by atoms with Crippen molar-refractivity contribution in [3.8, 4) is 17.0 Å². The zero-order valence-corrected chi connectivity index (χ0v) is 19.1. The molecule has 1 aromatic carbocycles. The molecule has 0 radical (unpaired) electrons. The van der Waals surface area contributed by atoms with E-state index in [0.717, 1.165) is 12.1 Å². The number of aliphatic imine (C=N–C) groups is 1. The minimum atomic E-state index is -4.71. The van der Waals surface area contributed by atoms with Gasteiger partial charge in [-0.1, -0.05) is 6.07 Å². The van der Waals surface area contributed by atoms with Crippen molar-refractivity contribution in [2.45, 2.75) is 19.3 Å².